The molecule has 1 radical (unpaired) electrons. The van der Waals surface area contributed by atoms with Crippen LogP contribution in [0.2, 0.25) is 0 Å². The van der Waals surface area contributed by atoms with Crippen LogP contribution < -0.4 is 0 Å². The predicted octanol–water partition coefficient (Wildman–Crippen LogP) is 4.19. The van der Waals surface area contributed by atoms with Crippen molar-refractivity contribution in [3.63, 3.8) is 0 Å². The Hall–Kier alpha value is -0.550. The Morgan fingerprint density at radius 1 is 1.42 bits per heavy atom. The van der Waals surface area contributed by atoms with Gasteiger partial charge in [0, 0.05) is 6.42 Å². The largest absolute Gasteiger partial charge is 0.203 e. The number of allylic oxidation sites excluding steroid dienone is 1. The normalized spacial score (nSPS) is 9.25. The maximum Gasteiger partial charge on any atom is 0.142 e. The summed E-state index contributed by atoms with van der Waals surface area (Å²) in [6.07, 6.45) is 7.24. The van der Waals surface area contributed by atoms with E-state index in [4.69, 9.17) is 0 Å². The number of halogens is 1. The van der Waals surface area contributed by atoms with Gasteiger partial charge in [-0.15, -0.1) is 0 Å². The molecule has 0 atom stereocenters. The number of hydrogen-bond donors (Lipinski definition) is 0. The van der Waals surface area contributed by atoms with Gasteiger partial charge in [-0.3, -0.25) is 0 Å². The van der Waals surface area contributed by atoms with Crippen molar-refractivity contribution >= 4 is 0 Å². The zero-order chi connectivity index (χ0) is 9.23. The fourth-order valence-electron chi connectivity index (χ4n) is 0.962. The first-order chi connectivity index (χ1) is 5.81. The van der Waals surface area contributed by atoms with E-state index < -0.39 is 0 Å². The van der Waals surface area contributed by atoms with Gasteiger partial charge < -0.3 is 0 Å². The van der Waals surface area contributed by atoms with Gasteiger partial charge in [0.1, 0.15) is 5.83 Å². The van der Waals surface area contributed by atoms with Crippen molar-refractivity contribution < 1.29 is 4.39 Å². The SMILES string of the molecule is [CH2]CC=C=C(F)CCCCCC. The summed E-state index contributed by atoms with van der Waals surface area (Å²) in [5.74, 6) is -0.130. The molecule has 1 heteroatoms. The predicted molar refractivity (Wildman–Crippen MR) is 51.4 cm³/mol. The van der Waals surface area contributed by atoms with E-state index in [-0.39, 0.29) is 5.83 Å². The van der Waals surface area contributed by atoms with Gasteiger partial charge in [0.15, 0.2) is 0 Å². The summed E-state index contributed by atoms with van der Waals surface area (Å²) in [7, 11) is 0. The molecule has 0 fully saturated rings. The van der Waals surface area contributed by atoms with E-state index in [2.05, 4.69) is 19.6 Å². The fourth-order valence-corrected chi connectivity index (χ4v) is 0.962. The summed E-state index contributed by atoms with van der Waals surface area (Å²) >= 11 is 0. The van der Waals surface area contributed by atoms with Gasteiger partial charge in [0.25, 0.3) is 0 Å². The van der Waals surface area contributed by atoms with Crippen molar-refractivity contribution in [2.45, 2.75) is 45.4 Å². The third kappa shape index (κ3) is 7.56. The minimum Gasteiger partial charge on any atom is -0.203 e. The molecule has 0 rings (SSSR count). The topological polar surface area (TPSA) is 0 Å². The summed E-state index contributed by atoms with van der Waals surface area (Å²) in [4.78, 5) is 0. The average molecular weight is 169 g/mol. The number of rotatable bonds is 6. The van der Waals surface area contributed by atoms with E-state index >= 15 is 0 Å². The van der Waals surface area contributed by atoms with Crippen LogP contribution in [0.1, 0.15) is 45.4 Å². The molecule has 0 N–H and O–H groups in total. The molecule has 0 nitrogen and oxygen atoms in total. The van der Waals surface area contributed by atoms with Crippen molar-refractivity contribution in [1.82, 2.24) is 0 Å². The Bertz CT molecular complexity index is 152. The van der Waals surface area contributed by atoms with E-state index in [1.54, 1.807) is 6.08 Å². The maximum absolute atomic E-state index is 12.8. The molecule has 0 aliphatic rings. The standard InChI is InChI=1S/C11H18F/c1-3-5-7-8-10-11(12)9-6-4-2/h6H,2-5,7-8,10H2,1H3. The first-order valence-electron chi connectivity index (χ1n) is 4.70. The van der Waals surface area contributed by atoms with Crippen molar-refractivity contribution in [2.75, 3.05) is 0 Å². The average Bonchev–Trinajstić information content (AvgIpc) is 2.09. The van der Waals surface area contributed by atoms with Crippen LogP contribution in [0.25, 0.3) is 0 Å². The molecule has 0 unspecified atom stereocenters. The molecule has 0 aromatic rings. The highest BCUT2D eigenvalue weighted by atomic mass is 19.1. The quantitative estimate of drug-likeness (QED) is 0.413. The second-order valence-electron chi connectivity index (χ2n) is 2.85. The van der Waals surface area contributed by atoms with Crippen LogP contribution in [0.4, 0.5) is 4.39 Å². The van der Waals surface area contributed by atoms with Gasteiger partial charge in [-0.1, -0.05) is 31.9 Å². The number of unbranched alkanes of at least 4 members (excludes halogenated alkanes) is 3. The molecule has 12 heavy (non-hydrogen) atoms. The van der Waals surface area contributed by atoms with Gasteiger partial charge in [-0.05, 0) is 25.8 Å². The van der Waals surface area contributed by atoms with Gasteiger partial charge in [-0.2, -0.15) is 0 Å². The Balaban J connectivity index is 3.43. The molecule has 0 spiro atoms. The first kappa shape index (κ1) is 11.4. The third-order valence-corrected chi connectivity index (χ3v) is 1.65. The van der Waals surface area contributed by atoms with Crippen LogP contribution in [0.5, 0.6) is 0 Å². The molecule has 0 amide bonds. The van der Waals surface area contributed by atoms with Crippen LogP contribution in [-0.4, -0.2) is 0 Å². The minimum absolute atomic E-state index is 0.130. The second kappa shape index (κ2) is 8.55. The Morgan fingerprint density at radius 3 is 2.75 bits per heavy atom. The molecular formula is C11H18F. The van der Waals surface area contributed by atoms with Crippen LogP contribution in [0.3, 0.4) is 0 Å². The summed E-state index contributed by atoms with van der Waals surface area (Å²) < 4.78 is 12.8. The molecule has 0 aliphatic carbocycles. The van der Waals surface area contributed by atoms with Crippen molar-refractivity contribution in [2.24, 2.45) is 0 Å². The van der Waals surface area contributed by atoms with Crippen molar-refractivity contribution in [3.05, 3.63) is 24.6 Å². The molecule has 69 valence electrons. The zero-order valence-corrected chi connectivity index (χ0v) is 7.91. The smallest absolute Gasteiger partial charge is 0.142 e. The lowest BCUT2D eigenvalue weighted by Gasteiger charge is -1.94. The summed E-state index contributed by atoms with van der Waals surface area (Å²) in [5, 5.41) is 0. The molecular weight excluding hydrogens is 151 g/mol. The molecule has 0 aromatic carbocycles. The molecule has 0 aromatic heterocycles. The molecule has 0 saturated heterocycles. The lowest BCUT2D eigenvalue weighted by molar-refractivity contribution is 0.554. The Kier molecular flexibility index (Phi) is 8.15. The lowest BCUT2D eigenvalue weighted by Crippen LogP contribution is -1.77. The third-order valence-electron chi connectivity index (χ3n) is 1.65. The lowest BCUT2D eigenvalue weighted by atomic mass is 10.1. The van der Waals surface area contributed by atoms with E-state index in [9.17, 15) is 4.39 Å². The van der Waals surface area contributed by atoms with E-state index in [1.807, 2.05) is 0 Å². The van der Waals surface area contributed by atoms with E-state index in [0.29, 0.717) is 12.8 Å². The van der Waals surface area contributed by atoms with Crippen molar-refractivity contribution in [1.29, 1.82) is 0 Å². The highest BCUT2D eigenvalue weighted by Gasteiger charge is 1.92. The molecule has 0 heterocycles. The number of hydrogen-bond acceptors (Lipinski definition) is 0. The van der Waals surface area contributed by atoms with Crippen molar-refractivity contribution in [3.8, 4) is 0 Å². The highest BCUT2D eigenvalue weighted by Crippen LogP contribution is 2.09. The maximum atomic E-state index is 12.8. The highest BCUT2D eigenvalue weighted by molar-refractivity contribution is 4.92. The van der Waals surface area contributed by atoms with Gasteiger partial charge in [0.2, 0.25) is 0 Å². The Labute approximate surface area is 75.2 Å². The summed E-state index contributed by atoms with van der Waals surface area (Å²) in [6, 6.07) is 0. The first-order valence-corrected chi connectivity index (χ1v) is 4.70. The summed E-state index contributed by atoms with van der Waals surface area (Å²) in [6.45, 7) is 5.72. The molecule has 0 bridgehead atoms. The van der Waals surface area contributed by atoms with Crippen LogP contribution in [0, 0.1) is 6.92 Å². The zero-order valence-electron chi connectivity index (χ0n) is 7.91. The van der Waals surface area contributed by atoms with Crippen LogP contribution in [0.15, 0.2) is 17.6 Å². The van der Waals surface area contributed by atoms with E-state index in [1.165, 1.54) is 12.8 Å². The fraction of sp³-hybridized carbons (Fsp3) is 0.636. The van der Waals surface area contributed by atoms with E-state index in [0.717, 1.165) is 12.8 Å². The second-order valence-corrected chi connectivity index (χ2v) is 2.85. The Morgan fingerprint density at radius 2 is 2.17 bits per heavy atom. The van der Waals surface area contributed by atoms with Crippen LogP contribution in [-0.2, 0) is 0 Å². The summed E-state index contributed by atoms with van der Waals surface area (Å²) in [5.41, 5.74) is 2.57. The minimum atomic E-state index is -0.130. The molecule has 0 aliphatic heterocycles. The van der Waals surface area contributed by atoms with Gasteiger partial charge in [0.05, 0.1) is 0 Å². The van der Waals surface area contributed by atoms with Crippen LogP contribution >= 0.6 is 0 Å². The molecule has 0 saturated carbocycles. The van der Waals surface area contributed by atoms with Gasteiger partial charge in [-0.25, -0.2) is 4.39 Å². The monoisotopic (exact) mass is 169 g/mol. The van der Waals surface area contributed by atoms with Gasteiger partial charge >= 0.3 is 0 Å².